The standard InChI is InChI=1S/C16H18N6OS2/c1-12-9-13(4-5-15(12)22-11-18-20-21-22)19-16(23)17-6-8-24-10-14-3-2-7-25-14/h2-5,7,9,11H,6,8,10H2,1H3,(H2,17,19,23). The van der Waals surface area contributed by atoms with E-state index in [1.54, 1.807) is 16.0 Å². The summed E-state index contributed by atoms with van der Waals surface area (Å²) in [6.45, 7) is 2.57. The molecule has 25 heavy (non-hydrogen) atoms. The largest absolute Gasteiger partial charge is 0.337 e. The Morgan fingerprint density at radius 3 is 3.00 bits per heavy atom. The number of thiophene rings is 1. The molecule has 3 aromatic rings. The van der Waals surface area contributed by atoms with Gasteiger partial charge in [0.1, 0.15) is 6.33 Å². The van der Waals surface area contributed by atoms with Crippen molar-refractivity contribution in [3.63, 3.8) is 0 Å². The van der Waals surface area contributed by atoms with E-state index < -0.39 is 0 Å². The van der Waals surface area contributed by atoms with Crippen molar-refractivity contribution in [3.8, 4) is 5.69 Å². The van der Waals surface area contributed by atoms with Crippen LogP contribution in [0.15, 0.2) is 42.0 Å². The summed E-state index contributed by atoms with van der Waals surface area (Å²) >= 11 is 3.56. The van der Waals surface area contributed by atoms with Crippen LogP contribution in [-0.2, 0) is 5.75 Å². The zero-order valence-corrected chi connectivity index (χ0v) is 15.3. The van der Waals surface area contributed by atoms with Crippen molar-refractivity contribution in [3.05, 3.63) is 52.5 Å². The summed E-state index contributed by atoms with van der Waals surface area (Å²) in [4.78, 5) is 13.3. The van der Waals surface area contributed by atoms with Crippen LogP contribution in [0.1, 0.15) is 10.4 Å². The Balaban J connectivity index is 1.42. The molecule has 0 spiro atoms. The molecule has 0 atom stereocenters. The van der Waals surface area contributed by atoms with Gasteiger partial charge in [-0.2, -0.15) is 11.8 Å². The molecule has 0 fully saturated rings. The lowest BCUT2D eigenvalue weighted by atomic mass is 10.2. The first-order valence-electron chi connectivity index (χ1n) is 7.71. The third kappa shape index (κ3) is 5.04. The fourth-order valence-electron chi connectivity index (χ4n) is 2.24. The van der Waals surface area contributed by atoms with Crippen LogP contribution in [-0.4, -0.2) is 38.5 Å². The van der Waals surface area contributed by atoms with E-state index in [4.69, 9.17) is 0 Å². The van der Waals surface area contributed by atoms with Crippen molar-refractivity contribution < 1.29 is 4.79 Å². The average molecular weight is 374 g/mol. The normalized spacial score (nSPS) is 10.6. The van der Waals surface area contributed by atoms with Gasteiger partial charge in [0, 0.05) is 28.6 Å². The van der Waals surface area contributed by atoms with Crippen LogP contribution in [0.25, 0.3) is 5.69 Å². The number of tetrazole rings is 1. The van der Waals surface area contributed by atoms with Crippen LogP contribution in [0.4, 0.5) is 10.5 Å². The van der Waals surface area contributed by atoms with Crippen LogP contribution >= 0.6 is 23.1 Å². The molecule has 130 valence electrons. The number of urea groups is 1. The first kappa shape index (κ1) is 17.4. The Morgan fingerprint density at radius 1 is 1.36 bits per heavy atom. The molecule has 2 aromatic heterocycles. The van der Waals surface area contributed by atoms with Crippen molar-refractivity contribution in [1.82, 2.24) is 25.5 Å². The first-order chi connectivity index (χ1) is 12.2. The number of anilines is 1. The number of amides is 2. The zero-order chi connectivity index (χ0) is 17.5. The van der Waals surface area contributed by atoms with Crippen molar-refractivity contribution in [1.29, 1.82) is 0 Å². The molecule has 9 heteroatoms. The van der Waals surface area contributed by atoms with Crippen LogP contribution < -0.4 is 10.6 Å². The molecule has 2 N–H and O–H groups in total. The number of nitrogens with one attached hydrogen (secondary N) is 2. The zero-order valence-electron chi connectivity index (χ0n) is 13.7. The minimum atomic E-state index is -0.203. The van der Waals surface area contributed by atoms with Gasteiger partial charge in [0.15, 0.2) is 0 Å². The van der Waals surface area contributed by atoms with E-state index in [0.717, 1.165) is 28.4 Å². The van der Waals surface area contributed by atoms with Gasteiger partial charge in [-0.05, 0) is 52.6 Å². The summed E-state index contributed by atoms with van der Waals surface area (Å²) in [7, 11) is 0. The number of hydrogen-bond donors (Lipinski definition) is 2. The monoisotopic (exact) mass is 374 g/mol. The maximum absolute atomic E-state index is 12.0. The highest BCUT2D eigenvalue weighted by Crippen LogP contribution is 2.18. The highest BCUT2D eigenvalue weighted by Gasteiger charge is 2.06. The molecule has 3 rings (SSSR count). The fraction of sp³-hybridized carbons (Fsp3) is 0.250. The SMILES string of the molecule is Cc1cc(NC(=O)NCCSCc2cccs2)ccc1-n1cnnn1. The third-order valence-corrected chi connectivity index (χ3v) is 5.47. The Kier molecular flexibility index (Phi) is 6.02. The Hall–Kier alpha value is -2.39. The van der Waals surface area contributed by atoms with Crippen molar-refractivity contribution in [2.24, 2.45) is 0 Å². The van der Waals surface area contributed by atoms with E-state index in [-0.39, 0.29) is 6.03 Å². The lowest BCUT2D eigenvalue weighted by Gasteiger charge is -2.10. The minimum Gasteiger partial charge on any atom is -0.337 e. The summed E-state index contributed by atoms with van der Waals surface area (Å²) in [5.74, 6) is 1.86. The lowest BCUT2D eigenvalue weighted by molar-refractivity contribution is 0.252. The molecule has 0 aliphatic rings. The molecule has 0 aliphatic heterocycles. The summed E-state index contributed by atoms with van der Waals surface area (Å²) < 4.78 is 1.59. The number of hydrogen-bond acceptors (Lipinski definition) is 6. The molecule has 2 heterocycles. The third-order valence-electron chi connectivity index (χ3n) is 3.41. The molecule has 0 unspecified atom stereocenters. The van der Waals surface area contributed by atoms with E-state index in [9.17, 15) is 4.79 Å². The van der Waals surface area contributed by atoms with Gasteiger partial charge in [-0.15, -0.1) is 16.4 Å². The van der Waals surface area contributed by atoms with Crippen molar-refractivity contribution in [2.45, 2.75) is 12.7 Å². The number of benzene rings is 1. The molecular formula is C16H18N6OS2. The van der Waals surface area contributed by atoms with Gasteiger partial charge < -0.3 is 10.6 Å². The number of aromatic nitrogens is 4. The van der Waals surface area contributed by atoms with E-state index >= 15 is 0 Å². The molecule has 2 amide bonds. The molecule has 0 saturated carbocycles. The highest BCUT2D eigenvalue weighted by atomic mass is 32.2. The Bertz CT molecular complexity index is 804. The minimum absolute atomic E-state index is 0.203. The average Bonchev–Trinajstić information content (AvgIpc) is 3.28. The van der Waals surface area contributed by atoms with Gasteiger partial charge in [0.2, 0.25) is 0 Å². The quantitative estimate of drug-likeness (QED) is 0.621. The predicted molar refractivity (Wildman–Crippen MR) is 101 cm³/mol. The van der Waals surface area contributed by atoms with Crippen LogP contribution in [0.2, 0.25) is 0 Å². The molecule has 0 radical (unpaired) electrons. The number of nitrogens with zero attached hydrogens (tertiary/aromatic N) is 4. The summed E-state index contributed by atoms with van der Waals surface area (Å²) in [5.41, 5.74) is 2.58. The van der Waals surface area contributed by atoms with Gasteiger partial charge in [0.05, 0.1) is 5.69 Å². The maximum atomic E-state index is 12.0. The molecule has 7 nitrogen and oxygen atoms in total. The van der Waals surface area contributed by atoms with Gasteiger partial charge in [-0.25, -0.2) is 9.48 Å². The smallest absolute Gasteiger partial charge is 0.319 e. The first-order valence-corrected chi connectivity index (χ1v) is 9.75. The maximum Gasteiger partial charge on any atom is 0.319 e. The van der Waals surface area contributed by atoms with E-state index in [0.29, 0.717) is 6.54 Å². The highest BCUT2D eigenvalue weighted by molar-refractivity contribution is 7.98. The number of rotatable bonds is 7. The van der Waals surface area contributed by atoms with Crippen LogP contribution in [0, 0.1) is 6.92 Å². The van der Waals surface area contributed by atoms with Gasteiger partial charge in [-0.1, -0.05) is 6.07 Å². The summed E-state index contributed by atoms with van der Waals surface area (Å²) in [5, 5.41) is 18.9. The van der Waals surface area contributed by atoms with E-state index in [2.05, 4.69) is 43.7 Å². The molecule has 1 aromatic carbocycles. The van der Waals surface area contributed by atoms with Gasteiger partial charge >= 0.3 is 6.03 Å². The number of carbonyl (C=O) groups is 1. The summed E-state index contributed by atoms with van der Waals surface area (Å²) in [6.07, 6.45) is 1.54. The second-order valence-corrected chi connectivity index (χ2v) is 7.41. The van der Waals surface area contributed by atoms with E-state index in [1.165, 1.54) is 11.2 Å². The Labute approximate surface area is 153 Å². The van der Waals surface area contributed by atoms with Crippen LogP contribution in [0.3, 0.4) is 0 Å². The number of aryl methyl sites for hydroxylation is 1. The molecule has 0 aliphatic carbocycles. The molecule has 0 bridgehead atoms. The Morgan fingerprint density at radius 2 is 2.28 bits per heavy atom. The predicted octanol–water partition coefficient (Wildman–Crippen LogP) is 3.09. The second-order valence-electron chi connectivity index (χ2n) is 5.27. The topological polar surface area (TPSA) is 84.7 Å². The van der Waals surface area contributed by atoms with E-state index in [1.807, 2.05) is 36.9 Å². The fourth-order valence-corrected chi connectivity index (χ4v) is 3.94. The molecule has 0 saturated heterocycles. The van der Waals surface area contributed by atoms with Crippen molar-refractivity contribution in [2.75, 3.05) is 17.6 Å². The van der Waals surface area contributed by atoms with Crippen molar-refractivity contribution >= 4 is 34.8 Å². The second kappa shape index (κ2) is 8.63. The summed E-state index contributed by atoms with van der Waals surface area (Å²) in [6, 6.07) is 9.57. The van der Waals surface area contributed by atoms with Crippen LogP contribution in [0.5, 0.6) is 0 Å². The van der Waals surface area contributed by atoms with Gasteiger partial charge in [-0.3, -0.25) is 0 Å². The lowest BCUT2D eigenvalue weighted by Crippen LogP contribution is -2.30. The number of thioether (sulfide) groups is 1. The van der Waals surface area contributed by atoms with Gasteiger partial charge in [0.25, 0.3) is 0 Å². The molecular weight excluding hydrogens is 356 g/mol. The number of carbonyl (C=O) groups excluding carboxylic acids is 1.